The minimum absolute atomic E-state index is 0.0312. The Bertz CT molecular complexity index is 944. The number of hydrogen-bond acceptors (Lipinski definition) is 6. The van der Waals surface area contributed by atoms with Crippen LogP contribution in [-0.4, -0.2) is 57.0 Å². The summed E-state index contributed by atoms with van der Waals surface area (Å²) < 4.78 is 35.6. The molecule has 29 heavy (non-hydrogen) atoms. The van der Waals surface area contributed by atoms with Gasteiger partial charge in [0.1, 0.15) is 18.5 Å². The zero-order valence-electron chi connectivity index (χ0n) is 16.2. The molecule has 1 heterocycles. The van der Waals surface area contributed by atoms with Crippen molar-refractivity contribution in [2.45, 2.75) is 18.7 Å². The first-order chi connectivity index (χ1) is 13.8. The molecule has 3 rings (SSSR count). The van der Waals surface area contributed by atoms with E-state index in [-0.39, 0.29) is 19.1 Å². The number of nitrogens with one attached hydrogen (secondary N) is 1. The predicted molar refractivity (Wildman–Crippen MR) is 108 cm³/mol. The van der Waals surface area contributed by atoms with E-state index in [0.29, 0.717) is 17.8 Å². The van der Waals surface area contributed by atoms with Crippen molar-refractivity contribution in [2.24, 2.45) is 0 Å². The molecule has 0 bridgehead atoms. The highest BCUT2D eigenvalue weighted by atomic mass is 32.2. The second kappa shape index (κ2) is 8.81. The lowest BCUT2D eigenvalue weighted by Crippen LogP contribution is -2.51. The van der Waals surface area contributed by atoms with Crippen molar-refractivity contribution in [1.29, 1.82) is 0 Å². The largest absolute Gasteiger partial charge is 0.497 e. The Morgan fingerprint density at radius 3 is 2.45 bits per heavy atom. The maximum Gasteiger partial charge on any atom is 0.249 e. The van der Waals surface area contributed by atoms with E-state index in [0.717, 1.165) is 17.6 Å². The van der Waals surface area contributed by atoms with Gasteiger partial charge in [0.15, 0.2) is 0 Å². The number of sulfonamides is 1. The van der Waals surface area contributed by atoms with Gasteiger partial charge in [-0.25, -0.2) is 8.42 Å². The van der Waals surface area contributed by atoms with Gasteiger partial charge in [-0.3, -0.25) is 9.52 Å². The molecule has 1 fully saturated rings. The first-order valence-corrected chi connectivity index (χ1v) is 10.9. The van der Waals surface area contributed by atoms with Crippen molar-refractivity contribution in [3.8, 4) is 5.75 Å². The molecular weight excluding hydrogens is 396 g/mol. The lowest BCUT2D eigenvalue weighted by Gasteiger charge is -2.38. The van der Waals surface area contributed by atoms with Gasteiger partial charge >= 0.3 is 0 Å². The number of anilines is 1. The van der Waals surface area contributed by atoms with Gasteiger partial charge in [-0.1, -0.05) is 24.3 Å². The Morgan fingerprint density at radius 2 is 1.86 bits per heavy atom. The molecule has 1 aliphatic heterocycles. The van der Waals surface area contributed by atoms with E-state index in [1.165, 1.54) is 0 Å². The SMILES string of the molecule is COc1ccc(CN2C(=O)COCC2C(O)c2ccc(NS(C)(=O)=O)cc2)cc1. The smallest absolute Gasteiger partial charge is 0.249 e. The summed E-state index contributed by atoms with van der Waals surface area (Å²) in [6, 6.07) is 13.2. The van der Waals surface area contributed by atoms with Crippen LogP contribution in [0.15, 0.2) is 48.5 Å². The molecule has 8 nitrogen and oxygen atoms in total. The third-order valence-electron chi connectivity index (χ3n) is 4.67. The predicted octanol–water partition coefficient (Wildman–Crippen LogP) is 1.53. The number of aliphatic hydroxyl groups is 1. The van der Waals surface area contributed by atoms with Crippen LogP contribution in [0.1, 0.15) is 17.2 Å². The van der Waals surface area contributed by atoms with Gasteiger partial charge < -0.3 is 19.5 Å². The molecule has 0 saturated carbocycles. The fraction of sp³-hybridized carbons (Fsp3) is 0.350. The number of hydrogen-bond donors (Lipinski definition) is 2. The summed E-state index contributed by atoms with van der Waals surface area (Å²) in [6.45, 7) is 0.505. The minimum atomic E-state index is -3.38. The van der Waals surface area contributed by atoms with E-state index in [4.69, 9.17) is 9.47 Å². The summed E-state index contributed by atoms with van der Waals surface area (Å²) in [5, 5.41) is 10.9. The van der Waals surface area contributed by atoms with Gasteiger partial charge in [-0.05, 0) is 35.4 Å². The number of carbonyl (C=O) groups excluding carboxylic acids is 1. The Hall–Kier alpha value is -2.62. The quantitative estimate of drug-likeness (QED) is 0.704. The van der Waals surface area contributed by atoms with Crippen LogP contribution < -0.4 is 9.46 Å². The Kier molecular flexibility index (Phi) is 6.41. The first kappa shape index (κ1) is 21.1. The molecule has 0 aromatic heterocycles. The molecule has 156 valence electrons. The topological polar surface area (TPSA) is 105 Å². The lowest BCUT2D eigenvalue weighted by molar-refractivity contribution is -0.155. The Balaban J connectivity index is 1.77. The molecular formula is C20H24N2O6S. The average Bonchev–Trinajstić information content (AvgIpc) is 2.69. The average molecular weight is 420 g/mol. The second-order valence-corrected chi connectivity index (χ2v) is 8.64. The fourth-order valence-electron chi connectivity index (χ4n) is 3.20. The van der Waals surface area contributed by atoms with Crippen molar-refractivity contribution < 1.29 is 27.8 Å². The molecule has 1 amide bonds. The molecule has 2 unspecified atom stereocenters. The lowest BCUT2D eigenvalue weighted by atomic mass is 9.99. The van der Waals surface area contributed by atoms with Crippen LogP contribution in [0.3, 0.4) is 0 Å². The van der Waals surface area contributed by atoms with Gasteiger partial charge in [0.05, 0.1) is 26.0 Å². The fourth-order valence-corrected chi connectivity index (χ4v) is 3.77. The number of nitrogens with zero attached hydrogens (tertiary/aromatic N) is 1. The summed E-state index contributed by atoms with van der Waals surface area (Å²) in [5.74, 6) is 0.521. The van der Waals surface area contributed by atoms with Crippen molar-refractivity contribution in [3.05, 3.63) is 59.7 Å². The minimum Gasteiger partial charge on any atom is -0.497 e. The molecule has 0 radical (unpaired) electrons. The van der Waals surface area contributed by atoms with E-state index in [9.17, 15) is 18.3 Å². The third-order valence-corrected chi connectivity index (χ3v) is 5.27. The third kappa shape index (κ3) is 5.47. The van der Waals surface area contributed by atoms with Gasteiger partial charge in [-0.15, -0.1) is 0 Å². The summed E-state index contributed by atoms with van der Waals surface area (Å²) >= 11 is 0. The summed E-state index contributed by atoms with van der Waals surface area (Å²) in [5.41, 5.74) is 1.87. The Labute approximate surface area is 170 Å². The number of morpholine rings is 1. The van der Waals surface area contributed by atoms with Crippen LogP contribution in [-0.2, 0) is 26.1 Å². The number of aliphatic hydroxyl groups excluding tert-OH is 1. The number of amides is 1. The van der Waals surface area contributed by atoms with Crippen LogP contribution in [0.2, 0.25) is 0 Å². The van der Waals surface area contributed by atoms with Crippen molar-refractivity contribution in [3.63, 3.8) is 0 Å². The van der Waals surface area contributed by atoms with Crippen LogP contribution in [0.4, 0.5) is 5.69 Å². The molecule has 0 aliphatic carbocycles. The van der Waals surface area contributed by atoms with Crippen molar-refractivity contribution >= 4 is 21.6 Å². The van der Waals surface area contributed by atoms with E-state index >= 15 is 0 Å². The molecule has 1 saturated heterocycles. The highest BCUT2D eigenvalue weighted by Crippen LogP contribution is 2.27. The highest BCUT2D eigenvalue weighted by Gasteiger charge is 2.34. The number of carbonyl (C=O) groups is 1. The first-order valence-electron chi connectivity index (χ1n) is 9.03. The molecule has 2 aromatic carbocycles. The number of rotatable bonds is 7. The van der Waals surface area contributed by atoms with E-state index < -0.39 is 22.2 Å². The van der Waals surface area contributed by atoms with Crippen LogP contribution in [0.5, 0.6) is 5.75 Å². The summed E-state index contributed by atoms with van der Waals surface area (Å²) in [7, 11) is -1.79. The molecule has 2 atom stereocenters. The summed E-state index contributed by atoms with van der Waals surface area (Å²) in [6.07, 6.45) is 0.0856. The maximum absolute atomic E-state index is 12.5. The standard InChI is InChI=1S/C20H24N2O6S/c1-27-17-9-3-14(4-10-17)11-22-18(12-28-13-19(22)23)20(24)15-5-7-16(8-6-15)21-29(2,25)26/h3-10,18,20-21,24H,11-13H2,1-2H3. The summed E-state index contributed by atoms with van der Waals surface area (Å²) in [4.78, 5) is 14.1. The van der Waals surface area contributed by atoms with Gasteiger partial charge in [0.2, 0.25) is 15.9 Å². The van der Waals surface area contributed by atoms with Crippen LogP contribution in [0.25, 0.3) is 0 Å². The number of ether oxygens (including phenoxy) is 2. The van der Waals surface area contributed by atoms with E-state index in [1.807, 2.05) is 24.3 Å². The maximum atomic E-state index is 12.5. The van der Waals surface area contributed by atoms with Crippen LogP contribution in [0, 0.1) is 0 Å². The highest BCUT2D eigenvalue weighted by molar-refractivity contribution is 7.92. The molecule has 9 heteroatoms. The van der Waals surface area contributed by atoms with Gasteiger partial charge in [-0.2, -0.15) is 0 Å². The molecule has 2 N–H and O–H groups in total. The molecule has 0 spiro atoms. The zero-order chi connectivity index (χ0) is 21.0. The molecule has 1 aliphatic rings. The molecule has 2 aromatic rings. The van der Waals surface area contributed by atoms with Gasteiger partial charge in [0.25, 0.3) is 0 Å². The van der Waals surface area contributed by atoms with Crippen molar-refractivity contribution in [2.75, 3.05) is 31.3 Å². The second-order valence-electron chi connectivity index (χ2n) is 6.89. The van der Waals surface area contributed by atoms with Gasteiger partial charge in [0, 0.05) is 12.2 Å². The zero-order valence-corrected chi connectivity index (χ0v) is 17.1. The normalized spacial score (nSPS) is 18.4. The van der Waals surface area contributed by atoms with Crippen LogP contribution >= 0.6 is 0 Å². The monoisotopic (exact) mass is 420 g/mol. The Morgan fingerprint density at radius 1 is 1.21 bits per heavy atom. The number of benzene rings is 2. The van der Waals surface area contributed by atoms with E-state index in [1.54, 1.807) is 36.3 Å². The van der Waals surface area contributed by atoms with E-state index in [2.05, 4.69) is 4.72 Å². The number of methoxy groups -OCH3 is 1. The van der Waals surface area contributed by atoms with Crippen molar-refractivity contribution in [1.82, 2.24) is 4.90 Å².